The van der Waals surface area contributed by atoms with Gasteiger partial charge in [0.15, 0.2) is 0 Å². The highest BCUT2D eigenvalue weighted by Gasteiger charge is 2.14. The van der Waals surface area contributed by atoms with Crippen LogP contribution in [0.4, 0.5) is 0 Å². The number of carbonyl (C=O) groups excluding carboxylic acids is 3. The van der Waals surface area contributed by atoms with Crippen LogP contribution in [0.15, 0.2) is 10.2 Å². The Hall–Kier alpha value is -4.02. The Morgan fingerprint density at radius 3 is 1.03 bits per heavy atom. The van der Waals surface area contributed by atoms with Crippen LogP contribution in [0.25, 0.3) is 20.9 Å². The van der Waals surface area contributed by atoms with E-state index in [0.717, 1.165) is 0 Å². The minimum Gasteiger partial charge on any atom is -0.481 e. The zero-order valence-corrected chi connectivity index (χ0v) is 38.2. The molecule has 4 N–H and O–H groups in total. The molecule has 66 heavy (non-hydrogen) atoms. The number of hydrogen-bond donors (Lipinski definition) is 4. The number of amides is 3. The van der Waals surface area contributed by atoms with Crippen LogP contribution in [0.2, 0.25) is 0 Å². The Bertz CT molecular complexity index is 1210. The standard InChI is InChI=1S/C39H73N9O18/c40-47-44-7-15-58-21-27-62-25-19-56-13-5-42-36(49)1-10-65-33-35(34-66-11-2-37(50)43-6-14-57-20-26-63-28-22-59-16-8-45-48-41)46-38(51)3-9-54-17-23-60-29-31-64-32-30-61-24-18-55-12-4-39(52)53/h35H,1-34H2,(H,42,49)(H,43,50)(H,46,51)(H,52,53). The Morgan fingerprint density at radius 1 is 0.394 bits per heavy atom. The summed E-state index contributed by atoms with van der Waals surface area (Å²) in [6.45, 7) is 8.65. The normalized spacial score (nSPS) is 11.4. The summed E-state index contributed by atoms with van der Waals surface area (Å²) in [6.07, 6.45) is 0.196. The molecular weight excluding hydrogens is 882 g/mol. The summed E-state index contributed by atoms with van der Waals surface area (Å²) in [4.78, 5) is 53.0. The highest BCUT2D eigenvalue weighted by molar-refractivity contribution is 5.77. The van der Waals surface area contributed by atoms with Crippen molar-refractivity contribution in [3.8, 4) is 0 Å². The zero-order chi connectivity index (χ0) is 48.1. The molecule has 0 aromatic heterocycles. The first-order valence-corrected chi connectivity index (χ1v) is 22.0. The number of rotatable bonds is 53. The van der Waals surface area contributed by atoms with E-state index in [9.17, 15) is 19.2 Å². The quantitative estimate of drug-likeness (QED) is 0.0273. The summed E-state index contributed by atoms with van der Waals surface area (Å²) in [6, 6.07) is -0.561. The third-order valence-corrected chi connectivity index (χ3v) is 7.79. The van der Waals surface area contributed by atoms with Gasteiger partial charge in [-0.1, -0.05) is 10.2 Å². The fourth-order valence-corrected chi connectivity index (χ4v) is 4.60. The lowest BCUT2D eigenvalue weighted by Crippen LogP contribution is -2.42. The van der Waals surface area contributed by atoms with Crippen molar-refractivity contribution < 1.29 is 85.9 Å². The number of aliphatic carboxylic acids is 1. The lowest BCUT2D eigenvalue weighted by molar-refractivity contribution is -0.138. The molecule has 0 saturated carbocycles. The number of ether oxygens (including phenoxy) is 13. The molecule has 27 nitrogen and oxygen atoms in total. The molecule has 0 aromatic carbocycles. The fraction of sp³-hybridized carbons (Fsp3) is 0.897. The third kappa shape index (κ3) is 51.0. The van der Waals surface area contributed by atoms with Crippen molar-refractivity contribution in [2.45, 2.75) is 31.7 Å². The second-order valence-corrected chi connectivity index (χ2v) is 13.2. The minimum absolute atomic E-state index is 0.0458. The summed E-state index contributed by atoms with van der Waals surface area (Å²) in [5.74, 6) is -1.67. The van der Waals surface area contributed by atoms with Crippen LogP contribution in [0.5, 0.6) is 0 Å². The van der Waals surface area contributed by atoms with E-state index in [0.29, 0.717) is 139 Å². The fourth-order valence-electron chi connectivity index (χ4n) is 4.60. The molecule has 0 fully saturated rings. The van der Waals surface area contributed by atoms with Crippen LogP contribution < -0.4 is 16.0 Å². The summed E-state index contributed by atoms with van der Waals surface area (Å²) in [7, 11) is 0. The van der Waals surface area contributed by atoms with Gasteiger partial charge in [-0.15, -0.1) is 0 Å². The van der Waals surface area contributed by atoms with Gasteiger partial charge in [0.25, 0.3) is 0 Å². The maximum Gasteiger partial charge on any atom is 0.305 e. The number of hydrogen-bond acceptors (Lipinski definition) is 19. The second kappa shape index (κ2) is 52.0. The lowest BCUT2D eigenvalue weighted by Gasteiger charge is -2.19. The zero-order valence-electron chi connectivity index (χ0n) is 38.2. The molecule has 0 aliphatic rings. The molecular formula is C39H73N9O18. The van der Waals surface area contributed by atoms with E-state index < -0.39 is 12.0 Å². The Kier molecular flexibility index (Phi) is 48.8. The maximum atomic E-state index is 12.7. The number of nitrogens with one attached hydrogen (secondary N) is 3. The van der Waals surface area contributed by atoms with Gasteiger partial charge in [-0.3, -0.25) is 19.2 Å². The average molecular weight is 956 g/mol. The van der Waals surface area contributed by atoms with Gasteiger partial charge in [-0.25, -0.2) is 0 Å². The Labute approximate surface area is 385 Å². The summed E-state index contributed by atoms with van der Waals surface area (Å²) in [5.41, 5.74) is 16.4. The first kappa shape index (κ1) is 62.0. The molecule has 0 radical (unpaired) electrons. The highest BCUT2D eigenvalue weighted by atomic mass is 16.6. The van der Waals surface area contributed by atoms with E-state index in [1.54, 1.807) is 0 Å². The number of carboxylic acid groups (broad SMARTS) is 1. The van der Waals surface area contributed by atoms with Crippen molar-refractivity contribution in [2.75, 3.05) is 198 Å². The SMILES string of the molecule is [N-]=[N+]=NCCOCCOCCOCCNC(=O)CCOCC(COCCC(=O)NCCOCCOCCOCCN=[N+]=[N-])NC(=O)CCOCCOCCOCCOCCOCCC(=O)O. The minimum atomic E-state index is -0.910. The lowest BCUT2D eigenvalue weighted by atomic mass is 10.3. The van der Waals surface area contributed by atoms with E-state index >= 15 is 0 Å². The molecule has 0 bridgehead atoms. The largest absolute Gasteiger partial charge is 0.481 e. The van der Waals surface area contributed by atoms with E-state index in [4.69, 9.17) is 77.7 Å². The van der Waals surface area contributed by atoms with Crippen molar-refractivity contribution >= 4 is 23.7 Å². The molecule has 27 heteroatoms. The summed E-state index contributed by atoms with van der Waals surface area (Å²) in [5, 5.41) is 23.6. The van der Waals surface area contributed by atoms with Crippen LogP contribution in [-0.4, -0.2) is 233 Å². The maximum absolute atomic E-state index is 12.7. The summed E-state index contributed by atoms with van der Waals surface area (Å²) >= 11 is 0. The molecule has 0 atom stereocenters. The highest BCUT2D eigenvalue weighted by Crippen LogP contribution is 1.96. The molecule has 0 rings (SSSR count). The molecule has 0 aliphatic carbocycles. The molecule has 0 saturated heterocycles. The number of nitrogens with zero attached hydrogens (tertiary/aromatic N) is 6. The van der Waals surface area contributed by atoms with Crippen LogP contribution in [0, 0.1) is 0 Å². The van der Waals surface area contributed by atoms with Crippen LogP contribution >= 0.6 is 0 Å². The van der Waals surface area contributed by atoms with Gasteiger partial charge in [0.1, 0.15) is 0 Å². The van der Waals surface area contributed by atoms with Crippen molar-refractivity contribution in [1.29, 1.82) is 0 Å². The van der Waals surface area contributed by atoms with Gasteiger partial charge in [-0.2, -0.15) is 0 Å². The van der Waals surface area contributed by atoms with E-state index in [2.05, 4.69) is 36.0 Å². The van der Waals surface area contributed by atoms with Gasteiger partial charge >= 0.3 is 5.97 Å². The number of carboxylic acids is 1. The van der Waals surface area contributed by atoms with E-state index in [-0.39, 0.29) is 103 Å². The van der Waals surface area contributed by atoms with Crippen molar-refractivity contribution in [2.24, 2.45) is 10.2 Å². The molecule has 0 aliphatic heterocycles. The third-order valence-electron chi connectivity index (χ3n) is 7.79. The van der Waals surface area contributed by atoms with Crippen LogP contribution in [-0.2, 0) is 80.8 Å². The molecule has 0 heterocycles. The predicted molar refractivity (Wildman–Crippen MR) is 233 cm³/mol. The second-order valence-electron chi connectivity index (χ2n) is 13.2. The topological polar surface area (TPSA) is 342 Å². The Morgan fingerprint density at radius 2 is 0.682 bits per heavy atom. The van der Waals surface area contributed by atoms with Gasteiger partial charge in [0, 0.05) is 55.3 Å². The van der Waals surface area contributed by atoms with Crippen molar-refractivity contribution in [3.63, 3.8) is 0 Å². The van der Waals surface area contributed by atoms with Crippen LogP contribution in [0.3, 0.4) is 0 Å². The summed E-state index contributed by atoms with van der Waals surface area (Å²) < 4.78 is 70.4. The van der Waals surface area contributed by atoms with Gasteiger partial charge in [-0.05, 0) is 11.1 Å². The van der Waals surface area contributed by atoms with Gasteiger partial charge in [0.05, 0.1) is 184 Å². The van der Waals surface area contributed by atoms with Gasteiger partial charge in [0.2, 0.25) is 17.7 Å². The number of azide groups is 2. The Balaban J connectivity index is 4.29. The molecule has 0 spiro atoms. The smallest absolute Gasteiger partial charge is 0.305 e. The first-order valence-electron chi connectivity index (χ1n) is 22.0. The number of carbonyl (C=O) groups is 4. The molecule has 0 unspecified atom stereocenters. The molecule has 3 amide bonds. The van der Waals surface area contributed by atoms with Gasteiger partial charge < -0.3 is 82.6 Å². The first-order chi connectivity index (χ1) is 32.4. The average Bonchev–Trinajstić information content (AvgIpc) is 3.30. The van der Waals surface area contributed by atoms with E-state index in [1.807, 2.05) is 0 Å². The predicted octanol–water partition coefficient (Wildman–Crippen LogP) is 0.185. The van der Waals surface area contributed by atoms with Crippen molar-refractivity contribution in [3.05, 3.63) is 20.9 Å². The van der Waals surface area contributed by atoms with E-state index in [1.165, 1.54) is 0 Å². The molecule has 0 aromatic rings. The molecule has 382 valence electrons. The van der Waals surface area contributed by atoms with Crippen LogP contribution in [0.1, 0.15) is 25.7 Å². The monoisotopic (exact) mass is 956 g/mol. The van der Waals surface area contributed by atoms with Crippen molar-refractivity contribution in [1.82, 2.24) is 16.0 Å².